The Morgan fingerprint density at radius 2 is 2.03 bits per heavy atom. The summed E-state index contributed by atoms with van der Waals surface area (Å²) in [5.41, 5.74) is 4.10. The van der Waals surface area contributed by atoms with Crippen LogP contribution in [0.25, 0.3) is 15.9 Å². The molecule has 0 saturated heterocycles. The van der Waals surface area contributed by atoms with Gasteiger partial charge in [-0.15, -0.1) is 11.3 Å². The molecule has 29 heavy (non-hydrogen) atoms. The molecule has 0 saturated carbocycles. The van der Waals surface area contributed by atoms with E-state index >= 15 is 0 Å². The Kier molecular flexibility index (Phi) is 5.53. The van der Waals surface area contributed by atoms with E-state index in [0.717, 1.165) is 46.3 Å². The predicted molar refractivity (Wildman–Crippen MR) is 121 cm³/mol. The second-order valence-electron chi connectivity index (χ2n) is 7.59. The van der Waals surface area contributed by atoms with Crippen LogP contribution in [0.5, 0.6) is 0 Å². The zero-order valence-corrected chi connectivity index (χ0v) is 18.8. The normalized spacial score (nSPS) is 14.6. The van der Waals surface area contributed by atoms with Gasteiger partial charge < -0.3 is 5.32 Å². The molecule has 0 fully saturated rings. The molecule has 4 rings (SSSR count). The van der Waals surface area contributed by atoms with E-state index in [0.29, 0.717) is 5.16 Å². The van der Waals surface area contributed by atoms with Crippen molar-refractivity contribution in [2.24, 2.45) is 0 Å². The first-order valence-electron chi connectivity index (χ1n) is 9.94. The first-order valence-corrected chi connectivity index (χ1v) is 11.6. The van der Waals surface area contributed by atoms with E-state index in [1.165, 1.54) is 28.6 Å². The number of carbonyl (C=O) groups excluding carboxylic acids is 1. The van der Waals surface area contributed by atoms with Crippen LogP contribution in [0.1, 0.15) is 41.3 Å². The smallest absolute Gasteiger partial charge is 0.267 e. The van der Waals surface area contributed by atoms with Crippen molar-refractivity contribution in [3.63, 3.8) is 0 Å². The molecule has 152 valence electrons. The van der Waals surface area contributed by atoms with Gasteiger partial charge in [-0.05, 0) is 69.2 Å². The minimum absolute atomic E-state index is 0.0188. The van der Waals surface area contributed by atoms with E-state index in [2.05, 4.69) is 5.32 Å². The topological polar surface area (TPSA) is 64.0 Å². The Balaban J connectivity index is 2.00. The maximum Gasteiger partial charge on any atom is 0.267 e. The van der Waals surface area contributed by atoms with Gasteiger partial charge in [0.2, 0.25) is 5.91 Å². The molecule has 1 N–H and O–H groups in total. The number of thioether (sulfide) groups is 1. The van der Waals surface area contributed by atoms with Crippen LogP contribution in [0.15, 0.2) is 28.2 Å². The molecular weight excluding hydrogens is 402 g/mol. The summed E-state index contributed by atoms with van der Waals surface area (Å²) in [7, 11) is 1.63. The Morgan fingerprint density at radius 1 is 1.28 bits per heavy atom. The fourth-order valence-electron chi connectivity index (χ4n) is 3.85. The van der Waals surface area contributed by atoms with Gasteiger partial charge in [-0.2, -0.15) is 0 Å². The van der Waals surface area contributed by atoms with Crippen LogP contribution in [-0.2, 0) is 17.6 Å². The van der Waals surface area contributed by atoms with Gasteiger partial charge in [0, 0.05) is 11.9 Å². The van der Waals surface area contributed by atoms with Crippen molar-refractivity contribution < 1.29 is 4.79 Å². The predicted octanol–water partition coefficient (Wildman–Crippen LogP) is 4.17. The Morgan fingerprint density at radius 3 is 2.79 bits per heavy atom. The second-order valence-corrected chi connectivity index (χ2v) is 9.98. The highest BCUT2D eigenvalue weighted by Gasteiger charge is 2.25. The fourth-order valence-corrected chi connectivity index (χ4v) is 6.13. The molecule has 1 amide bonds. The van der Waals surface area contributed by atoms with Gasteiger partial charge >= 0.3 is 0 Å². The van der Waals surface area contributed by atoms with E-state index in [9.17, 15) is 9.59 Å². The molecule has 0 aliphatic heterocycles. The molecule has 5 nitrogen and oxygen atoms in total. The molecule has 0 spiro atoms. The molecule has 1 atom stereocenters. The van der Waals surface area contributed by atoms with Crippen LogP contribution in [-0.4, -0.2) is 27.8 Å². The lowest BCUT2D eigenvalue weighted by atomic mass is 9.97. The molecule has 0 bridgehead atoms. The molecular formula is C22H25N3O2S2. The summed E-state index contributed by atoms with van der Waals surface area (Å²) in [5, 5.41) is 3.67. The van der Waals surface area contributed by atoms with Crippen molar-refractivity contribution in [3.8, 4) is 5.69 Å². The van der Waals surface area contributed by atoms with Crippen LogP contribution >= 0.6 is 23.1 Å². The average Bonchev–Trinajstić information content (AvgIpc) is 3.08. The summed E-state index contributed by atoms with van der Waals surface area (Å²) in [6.07, 6.45) is 4.25. The zero-order valence-electron chi connectivity index (χ0n) is 17.2. The molecule has 1 aliphatic rings. The SMILES string of the molecule is CNC(=O)C(C)Sc1nc2sc3c(c2c(=O)n1-c1cc(C)ccc1C)CCCC3. The third kappa shape index (κ3) is 3.62. The number of fused-ring (bicyclic) bond motifs is 3. The Labute approximate surface area is 178 Å². The number of benzene rings is 1. The van der Waals surface area contributed by atoms with Crippen LogP contribution in [0.2, 0.25) is 0 Å². The first-order chi connectivity index (χ1) is 13.9. The Bertz CT molecular complexity index is 1160. The van der Waals surface area contributed by atoms with Crippen LogP contribution in [0.3, 0.4) is 0 Å². The van der Waals surface area contributed by atoms with Gasteiger partial charge in [0.25, 0.3) is 5.56 Å². The number of nitrogens with zero attached hydrogens (tertiary/aromatic N) is 2. The number of nitrogens with one attached hydrogen (secondary N) is 1. The Hall–Kier alpha value is -2.12. The fraction of sp³-hybridized carbons (Fsp3) is 0.409. The van der Waals surface area contributed by atoms with E-state index in [-0.39, 0.29) is 16.7 Å². The minimum atomic E-state index is -0.352. The summed E-state index contributed by atoms with van der Waals surface area (Å²) >= 11 is 2.98. The number of amides is 1. The monoisotopic (exact) mass is 427 g/mol. The third-order valence-corrected chi connectivity index (χ3v) is 7.70. The molecule has 1 aromatic carbocycles. The maximum absolute atomic E-state index is 13.8. The van der Waals surface area contributed by atoms with Gasteiger partial charge in [-0.3, -0.25) is 14.2 Å². The van der Waals surface area contributed by atoms with E-state index in [4.69, 9.17) is 4.98 Å². The molecule has 1 aliphatic carbocycles. The maximum atomic E-state index is 13.8. The highest BCUT2D eigenvalue weighted by Crippen LogP contribution is 2.36. The zero-order chi connectivity index (χ0) is 20.7. The summed E-state index contributed by atoms with van der Waals surface area (Å²) in [5.74, 6) is -0.0812. The molecule has 7 heteroatoms. The molecule has 0 radical (unpaired) electrons. The lowest BCUT2D eigenvalue weighted by Crippen LogP contribution is -2.29. The average molecular weight is 428 g/mol. The van der Waals surface area contributed by atoms with Gasteiger partial charge in [-0.1, -0.05) is 23.9 Å². The number of aromatic nitrogens is 2. The summed E-state index contributed by atoms with van der Waals surface area (Å²) in [6.45, 7) is 5.87. The number of aryl methyl sites for hydroxylation is 4. The van der Waals surface area contributed by atoms with Gasteiger partial charge in [0.1, 0.15) is 4.83 Å². The van der Waals surface area contributed by atoms with Crippen molar-refractivity contribution >= 4 is 39.2 Å². The van der Waals surface area contributed by atoms with Gasteiger partial charge in [0.05, 0.1) is 16.3 Å². The summed E-state index contributed by atoms with van der Waals surface area (Å²) in [6, 6.07) is 6.10. The number of rotatable bonds is 4. The summed E-state index contributed by atoms with van der Waals surface area (Å²) in [4.78, 5) is 32.9. The standard InChI is InChI=1S/C22H25N3O2S2/c1-12-9-10-13(2)16(11-12)25-21(27)18-15-7-5-6-8-17(15)29-20(18)24-22(25)28-14(3)19(26)23-4/h9-11,14H,5-8H2,1-4H3,(H,23,26). The number of thiophene rings is 1. The number of carbonyl (C=O) groups is 1. The van der Waals surface area contributed by atoms with E-state index in [1.54, 1.807) is 23.0 Å². The van der Waals surface area contributed by atoms with Crippen molar-refractivity contribution in [1.82, 2.24) is 14.9 Å². The number of hydrogen-bond donors (Lipinski definition) is 1. The van der Waals surface area contributed by atoms with E-state index < -0.39 is 0 Å². The van der Waals surface area contributed by atoms with Gasteiger partial charge in [0.15, 0.2) is 5.16 Å². The highest BCUT2D eigenvalue weighted by atomic mass is 32.2. The third-order valence-electron chi connectivity index (χ3n) is 5.46. The van der Waals surface area contributed by atoms with Crippen LogP contribution in [0.4, 0.5) is 0 Å². The van der Waals surface area contributed by atoms with Crippen LogP contribution < -0.4 is 10.9 Å². The van der Waals surface area contributed by atoms with Crippen molar-refractivity contribution in [3.05, 3.63) is 50.1 Å². The molecule has 1 unspecified atom stereocenters. The van der Waals surface area contributed by atoms with Crippen molar-refractivity contribution in [2.45, 2.75) is 56.9 Å². The lowest BCUT2D eigenvalue weighted by molar-refractivity contribution is -0.119. The van der Waals surface area contributed by atoms with Crippen molar-refractivity contribution in [2.75, 3.05) is 7.05 Å². The highest BCUT2D eigenvalue weighted by molar-refractivity contribution is 8.00. The van der Waals surface area contributed by atoms with Crippen molar-refractivity contribution in [1.29, 1.82) is 0 Å². The van der Waals surface area contributed by atoms with E-state index in [1.807, 2.05) is 39.0 Å². The molecule has 2 heterocycles. The minimum Gasteiger partial charge on any atom is -0.358 e. The second kappa shape index (κ2) is 7.95. The number of hydrogen-bond acceptors (Lipinski definition) is 5. The quantitative estimate of drug-likeness (QED) is 0.501. The molecule has 3 aromatic rings. The van der Waals surface area contributed by atoms with Gasteiger partial charge in [-0.25, -0.2) is 4.98 Å². The summed E-state index contributed by atoms with van der Waals surface area (Å²) < 4.78 is 1.72. The first kappa shape index (κ1) is 20.2. The largest absolute Gasteiger partial charge is 0.358 e. The molecule has 2 aromatic heterocycles. The lowest BCUT2D eigenvalue weighted by Gasteiger charge is -2.17. The van der Waals surface area contributed by atoms with Crippen LogP contribution in [0, 0.1) is 13.8 Å².